The second kappa shape index (κ2) is 5.95. The lowest BCUT2D eigenvalue weighted by atomic mass is 9.98. The van der Waals surface area contributed by atoms with Gasteiger partial charge in [-0.2, -0.15) is 4.98 Å². The first-order chi connectivity index (χ1) is 9.38. The van der Waals surface area contributed by atoms with Crippen molar-refractivity contribution in [2.45, 2.75) is 52.1 Å². The van der Waals surface area contributed by atoms with Gasteiger partial charge in [0.1, 0.15) is 5.82 Å². The first-order valence-corrected chi connectivity index (χ1v) is 7.30. The summed E-state index contributed by atoms with van der Waals surface area (Å²) < 4.78 is 5.12. The summed E-state index contributed by atoms with van der Waals surface area (Å²) in [6.07, 6.45) is 2.28. The Morgan fingerprint density at radius 2 is 1.90 bits per heavy atom. The normalized spacial score (nSPS) is 18.1. The fraction of sp³-hybridized carbons (Fsp3) is 0.733. The van der Waals surface area contributed by atoms with Crippen LogP contribution in [-0.4, -0.2) is 46.6 Å². The van der Waals surface area contributed by atoms with Crippen LogP contribution in [-0.2, 0) is 0 Å². The molecule has 1 aliphatic rings. The molecule has 0 amide bonds. The smallest absolute Gasteiger partial charge is 0.318 e. The third kappa shape index (κ3) is 3.82. The molecule has 112 valence electrons. The van der Waals surface area contributed by atoms with E-state index in [9.17, 15) is 0 Å². The van der Waals surface area contributed by atoms with Crippen LogP contribution in [0.4, 0.5) is 5.82 Å². The van der Waals surface area contributed by atoms with Gasteiger partial charge in [0.25, 0.3) is 0 Å². The Labute approximate surface area is 121 Å². The van der Waals surface area contributed by atoms with Crippen LogP contribution in [0.5, 0.6) is 6.01 Å². The summed E-state index contributed by atoms with van der Waals surface area (Å²) in [5.41, 5.74) is 1.19. The predicted molar refractivity (Wildman–Crippen MR) is 81.3 cm³/mol. The molecule has 0 aromatic carbocycles. The molecule has 0 atom stereocenters. The summed E-state index contributed by atoms with van der Waals surface area (Å²) in [6, 6.07) is 2.88. The molecule has 2 rings (SSSR count). The lowest BCUT2D eigenvalue weighted by Crippen LogP contribution is -2.48. The second-order valence-corrected chi connectivity index (χ2v) is 6.46. The third-order valence-corrected chi connectivity index (χ3v) is 3.81. The zero-order chi connectivity index (χ0) is 14.8. The van der Waals surface area contributed by atoms with Gasteiger partial charge in [-0.1, -0.05) is 0 Å². The molecule has 1 aromatic rings. The summed E-state index contributed by atoms with van der Waals surface area (Å²) in [5.74, 6) is 0.864. The monoisotopic (exact) mass is 278 g/mol. The third-order valence-electron chi connectivity index (χ3n) is 3.81. The van der Waals surface area contributed by atoms with Crippen molar-refractivity contribution < 1.29 is 4.74 Å². The topological polar surface area (TPSA) is 50.3 Å². The molecule has 5 heteroatoms. The van der Waals surface area contributed by atoms with Crippen LogP contribution in [0.3, 0.4) is 0 Å². The molecule has 1 fully saturated rings. The number of rotatable bonds is 3. The molecule has 0 unspecified atom stereocenters. The van der Waals surface area contributed by atoms with E-state index in [0.29, 0.717) is 12.1 Å². The fourth-order valence-corrected chi connectivity index (χ4v) is 2.61. The molecule has 1 aliphatic heterocycles. The average Bonchev–Trinajstić information content (AvgIpc) is 2.37. The molecule has 0 bridgehead atoms. The minimum Gasteiger partial charge on any atom is -0.467 e. The average molecular weight is 278 g/mol. The largest absolute Gasteiger partial charge is 0.467 e. The van der Waals surface area contributed by atoms with Crippen LogP contribution in [0.2, 0.25) is 0 Å². The van der Waals surface area contributed by atoms with Gasteiger partial charge in [-0.05, 0) is 40.5 Å². The molecule has 2 heterocycles. The first kappa shape index (κ1) is 15.0. The summed E-state index contributed by atoms with van der Waals surface area (Å²) in [7, 11) is 1.60. The lowest BCUT2D eigenvalue weighted by Gasteiger charge is -2.41. The van der Waals surface area contributed by atoms with Crippen molar-refractivity contribution in [3.63, 3.8) is 0 Å². The number of nitrogens with zero attached hydrogens (tertiary/aromatic N) is 3. The number of anilines is 1. The van der Waals surface area contributed by atoms with Gasteiger partial charge in [-0.25, -0.2) is 4.98 Å². The van der Waals surface area contributed by atoms with Crippen molar-refractivity contribution in [2.24, 2.45) is 0 Å². The molecule has 0 aliphatic carbocycles. The summed E-state index contributed by atoms with van der Waals surface area (Å²) in [5, 5.41) is 3.51. The van der Waals surface area contributed by atoms with E-state index in [1.54, 1.807) is 7.11 Å². The number of hydrogen-bond acceptors (Lipinski definition) is 5. The van der Waals surface area contributed by atoms with Crippen LogP contribution in [0.15, 0.2) is 6.07 Å². The van der Waals surface area contributed by atoms with Crippen molar-refractivity contribution in [1.29, 1.82) is 0 Å². The Bertz CT molecular complexity index is 448. The van der Waals surface area contributed by atoms with E-state index in [0.717, 1.165) is 37.4 Å². The zero-order valence-corrected chi connectivity index (χ0v) is 13.2. The number of nitrogens with one attached hydrogen (secondary N) is 1. The van der Waals surface area contributed by atoms with E-state index in [2.05, 4.69) is 41.0 Å². The maximum Gasteiger partial charge on any atom is 0.318 e. The summed E-state index contributed by atoms with van der Waals surface area (Å²) in [6.45, 7) is 11.0. The van der Waals surface area contributed by atoms with E-state index >= 15 is 0 Å². The molecule has 20 heavy (non-hydrogen) atoms. The van der Waals surface area contributed by atoms with E-state index in [4.69, 9.17) is 4.74 Å². The Balaban J connectivity index is 1.94. The summed E-state index contributed by atoms with van der Waals surface area (Å²) in [4.78, 5) is 11.1. The van der Waals surface area contributed by atoms with Gasteiger partial charge in [0.2, 0.25) is 0 Å². The molecule has 1 saturated heterocycles. The lowest BCUT2D eigenvalue weighted by molar-refractivity contribution is 0.106. The van der Waals surface area contributed by atoms with E-state index in [1.165, 1.54) is 0 Å². The van der Waals surface area contributed by atoms with Crippen LogP contribution in [0.25, 0.3) is 0 Å². The Morgan fingerprint density at radius 1 is 1.25 bits per heavy atom. The standard InChI is InChI=1S/C15H26N4O/c1-11-10-13(18-14(16-11)20-5)17-12-6-8-19(9-7-12)15(2,3)4/h10,12H,6-9H2,1-5H3,(H,16,17,18). The minimum atomic E-state index is 0.264. The maximum atomic E-state index is 5.12. The molecule has 0 spiro atoms. The van der Waals surface area contributed by atoms with Gasteiger partial charge >= 0.3 is 6.01 Å². The quantitative estimate of drug-likeness (QED) is 0.920. The molecule has 5 nitrogen and oxygen atoms in total. The number of ether oxygens (including phenoxy) is 1. The van der Waals surface area contributed by atoms with Crippen molar-refractivity contribution in [3.8, 4) is 6.01 Å². The zero-order valence-electron chi connectivity index (χ0n) is 13.2. The van der Waals surface area contributed by atoms with Crippen LogP contribution in [0, 0.1) is 6.92 Å². The molecular weight excluding hydrogens is 252 g/mol. The number of likely N-dealkylation sites (tertiary alicyclic amines) is 1. The molecule has 0 radical (unpaired) electrons. The van der Waals surface area contributed by atoms with Crippen LogP contribution in [0.1, 0.15) is 39.3 Å². The predicted octanol–water partition coefficient (Wildman–Crippen LogP) is 2.47. The van der Waals surface area contributed by atoms with E-state index in [1.807, 2.05) is 13.0 Å². The SMILES string of the molecule is COc1nc(C)cc(NC2CCN(C(C)(C)C)CC2)n1. The number of aryl methyl sites for hydroxylation is 1. The van der Waals surface area contributed by atoms with Gasteiger partial charge < -0.3 is 10.1 Å². The highest BCUT2D eigenvalue weighted by atomic mass is 16.5. The number of aromatic nitrogens is 2. The van der Waals surface area contributed by atoms with E-state index in [-0.39, 0.29) is 5.54 Å². The number of hydrogen-bond donors (Lipinski definition) is 1. The Kier molecular flexibility index (Phi) is 4.48. The first-order valence-electron chi connectivity index (χ1n) is 7.30. The Morgan fingerprint density at radius 3 is 2.45 bits per heavy atom. The van der Waals surface area contributed by atoms with Crippen molar-refractivity contribution >= 4 is 5.82 Å². The van der Waals surface area contributed by atoms with Crippen molar-refractivity contribution in [1.82, 2.24) is 14.9 Å². The van der Waals surface area contributed by atoms with E-state index < -0.39 is 0 Å². The van der Waals surface area contributed by atoms with Gasteiger partial charge in [0.15, 0.2) is 0 Å². The van der Waals surface area contributed by atoms with Gasteiger partial charge in [0, 0.05) is 36.4 Å². The number of methoxy groups -OCH3 is 1. The Hall–Kier alpha value is -1.36. The second-order valence-electron chi connectivity index (χ2n) is 6.46. The molecular formula is C15H26N4O. The maximum absolute atomic E-state index is 5.12. The molecule has 1 N–H and O–H groups in total. The fourth-order valence-electron chi connectivity index (χ4n) is 2.61. The highest BCUT2D eigenvalue weighted by Gasteiger charge is 2.27. The minimum absolute atomic E-state index is 0.264. The highest BCUT2D eigenvalue weighted by molar-refractivity contribution is 5.38. The van der Waals surface area contributed by atoms with Crippen molar-refractivity contribution in [3.05, 3.63) is 11.8 Å². The molecule has 0 saturated carbocycles. The highest BCUT2D eigenvalue weighted by Crippen LogP contribution is 2.22. The van der Waals surface area contributed by atoms with Crippen molar-refractivity contribution in [2.75, 3.05) is 25.5 Å². The van der Waals surface area contributed by atoms with Crippen LogP contribution >= 0.6 is 0 Å². The number of piperidine rings is 1. The van der Waals surface area contributed by atoms with Gasteiger partial charge in [0.05, 0.1) is 7.11 Å². The van der Waals surface area contributed by atoms with Gasteiger partial charge in [-0.15, -0.1) is 0 Å². The van der Waals surface area contributed by atoms with Crippen LogP contribution < -0.4 is 10.1 Å². The summed E-state index contributed by atoms with van der Waals surface area (Å²) >= 11 is 0. The van der Waals surface area contributed by atoms with Gasteiger partial charge in [-0.3, -0.25) is 4.90 Å². The molecule has 1 aromatic heterocycles.